The maximum atomic E-state index is 12.1. The molecule has 5 nitrogen and oxygen atoms in total. The van der Waals surface area contributed by atoms with Crippen molar-refractivity contribution in [2.75, 3.05) is 6.54 Å². The van der Waals surface area contributed by atoms with Crippen LogP contribution in [-0.4, -0.2) is 28.5 Å². The van der Waals surface area contributed by atoms with Gasteiger partial charge in [-0.05, 0) is 24.2 Å². The number of carboxylic acid groups (broad SMARTS) is 1. The summed E-state index contributed by atoms with van der Waals surface area (Å²) in [5.74, 6) is -0.458. The number of nitrogens with one attached hydrogen (secondary N) is 1. The Morgan fingerprint density at radius 3 is 2.86 bits per heavy atom. The van der Waals surface area contributed by atoms with Gasteiger partial charge in [0, 0.05) is 24.8 Å². The van der Waals surface area contributed by atoms with Crippen molar-refractivity contribution < 1.29 is 14.7 Å². The zero-order valence-corrected chi connectivity index (χ0v) is 14.0. The van der Waals surface area contributed by atoms with Crippen molar-refractivity contribution in [1.82, 2.24) is 10.3 Å². The number of nitrogens with zero attached hydrogens (tertiary/aromatic N) is 1. The van der Waals surface area contributed by atoms with Crippen LogP contribution in [0.25, 0.3) is 0 Å². The number of aromatic carboxylic acids is 1. The molecule has 1 aliphatic carbocycles. The fourth-order valence-corrected chi connectivity index (χ4v) is 3.85. The number of aromatic nitrogens is 1. The van der Waals surface area contributed by atoms with E-state index in [1.165, 1.54) is 36.0 Å². The second kappa shape index (κ2) is 7.22. The zero-order valence-electron chi connectivity index (χ0n) is 13.2. The summed E-state index contributed by atoms with van der Waals surface area (Å²) in [6.07, 6.45) is 5.99. The summed E-state index contributed by atoms with van der Waals surface area (Å²) in [5.41, 5.74) is 0.330. The predicted molar refractivity (Wildman–Crippen MR) is 86.1 cm³/mol. The van der Waals surface area contributed by atoms with Crippen LogP contribution in [-0.2, 0) is 11.2 Å². The molecule has 6 heteroatoms. The molecule has 122 valence electrons. The largest absolute Gasteiger partial charge is 0.476 e. The molecule has 0 aliphatic heterocycles. The molecular formula is C16H24N2O3S. The van der Waals surface area contributed by atoms with Gasteiger partial charge in [0.05, 0.1) is 5.01 Å². The Bertz CT molecular complexity index is 539. The van der Waals surface area contributed by atoms with Crippen molar-refractivity contribution in [3.05, 3.63) is 16.1 Å². The first-order valence-electron chi connectivity index (χ1n) is 7.83. The highest BCUT2D eigenvalue weighted by atomic mass is 32.1. The van der Waals surface area contributed by atoms with Crippen LogP contribution in [0.5, 0.6) is 0 Å². The van der Waals surface area contributed by atoms with E-state index in [9.17, 15) is 9.59 Å². The first-order chi connectivity index (χ1) is 10.4. The number of carboxylic acids is 1. The fraction of sp³-hybridized carbons (Fsp3) is 0.688. The zero-order chi connectivity index (χ0) is 16.2. The maximum Gasteiger partial charge on any atom is 0.355 e. The minimum absolute atomic E-state index is 0.0790. The van der Waals surface area contributed by atoms with Gasteiger partial charge < -0.3 is 10.4 Å². The average molecular weight is 324 g/mol. The molecule has 2 rings (SSSR count). The van der Waals surface area contributed by atoms with Crippen molar-refractivity contribution in [3.8, 4) is 0 Å². The van der Waals surface area contributed by atoms with Crippen molar-refractivity contribution in [3.63, 3.8) is 0 Å². The lowest BCUT2D eigenvalue weighted by atomic mass is 9.67. The summed E-state index contributed by atoms with van der Waals surface area (Å²) >= 11 is 1.32. The van der Waals surface area contributed by atoms with Crippen LogP contribution >= 0.6 is 11.3 Å². The molecule has 0 saturated heterocycles. The van der Waals surface area contributed by atoms with Crippen LogP contribution in [0.2, 0.25) is 0 Å². The Hall–Kier alpha value is -1.43. The van der Waals surface area contributed by atoms with Gasteiger partial charge in [-0.3, -0.25) is 4.79 Å². The summed E-state index contributed by atoms with van der Waals surface area (Å²) in [6, 6.07) is 0. The van der Waals surface area contributed by atoms with Crippen LogP contribution in [0.1, 0.15) is 61.4 Å². The highest BCUT2D eigenvalue weighted by Crippen LogP contribution is 2.42. The van der Waals surface area contributed by atoms with Crippen molar-refractivity contribution in [2.45, 2.75) is 52.4 Å². The normalized spacial score (nSPS) is 20.5. The van der Waals surface area contributed by atoms with E-state index < -0.39 is 5.97 Å². The molecule has 0 radical (unpaired) electrons. The fourth-order valence-electron chi connectivity index (χ4n) is 3.07. The van der Waals surface area contributed by atoms with Gasteiger partial charge >= 0.3 is 5.97 Å². The lowest BCUT2D eigenvalue weighted by molar-refractivity contribution is -0.123. The number of carbonyl (C=O) groups is 2. The molecule has 1 heterocycles. The quantitative estimate of drug-likeness (QED) is 0.842. The molecule has 1 atom stereocenters. The van der Waals surface area contributed by atoms with Gasteiger partial charge in [-0.2, -0.15) is 0 Å². The van der Waals surface area contributed by atoms with Crippen molar-refractivity contribution in [2.24, 2.45) is 11.3 Å². The van der Waals surface area contributed by atoms with Crippen LogP contribution in [0.3, 0.4) is 0 Å². The van der Waals surface area contributed by atoms with Gasteiger partial charge in [-0.25, -0.2) is 9.78 Å². The number of hydrogen-bond acceptors (Lipinski definition) is 4. The Kier molecular flexibility index (Phi) is 5.56. The van der Waals surface area contributed by atoms with Gasteiger partial charge in [-0.1, -0.05) is 26.7 Å². The van der Waals surface area contributed by atoms with E-state index in [2.05, 4.69) is 24.1 Å². The summed E-state index contributed by atoms with van der Waals surface area (Å²) < 4.78 is 0. The minimum atomic E-state index is -1.01. The number of hydrogen-bond donors (Lipinski definition) is 2. The van der Waals surface area contributed by atoms with E-state index in [0.717, 1.165) is 11.4 Å². The van der Waals surface area contributed by atoms with E-state index in [1.807, 2.05) is 0 Å². The van der Waals surface area contributed by atoms with Crippen molar-refractivity contribution >= 4 is 23.2 Å². The third kappa shape index (κ3) is 4.53. The molecule has 1 amide bonds. The Morgan fingerprint density at radius 2 is 2.23 bits per heavy atom. The van der Waals surface area contributed by atoms with Crippen LogP contribution < -0.4 is 5.32 Å². The van der Waals surface area contributed by atoms with E-state index in [0.29, 0.717) is 25.3 Å². The second-order valence-corrected chi connectivity index (χ2v) is 7.61. The smallest absolute Gasteiger partial charge is 0.355 e. The Morgan fingerprint density at radius 1 is 1.45 bits per heavy atom. The molecule has 0 aromatic carbocycles. The van der Waals surface area contributed by atoms with Gasteiger partial charge in [0.15, 0.2) is 5.69 Å². The molecular weight excluding hydrogens is 300 g/mol. The average Bonchev–Trinajstić information content (AvgIpc) is 2.90. The van der Waals surface area contributed by atoms with Crippen LogP contribution in [0.4, 0.5) is 0 Å². The minimum Gasteiger partial charge on any atom is -0.476 e. The highest BCUT2D eigenvalue weighted by molar-refractivity contribution is 7.09. The molecule has 2 N–H and O–H groups in total. The standard InChI is InChI=1S/C16H24N2O3S/c1-16(2)7-4-3-5-11(16)9-13(19)17-8-6-14-18-12(10-22-14)15(20)21/h10-11H,3-9H2,1-2H3,(H,17,19)(H,20,21). The summed E-state index contributed by atoms with van der Waals surface area (Å²) in [4.78, 5) is 26.8. The monoisotopic (exact) mass is 324 g/mol. The molecule has 0 bridgehead atoms. The van der Waals surface area contributed by atoms with E-state index in [1.54, 1.807) is 0 Å². The highest BCUT2D eigenvalue weighted by Gasteiger charge is 2.33. The third-order valence-electron chi connectivity index (χ3n) is 4.59. The molecule has 1 saturated carbocycles. The lowest BCUT2D eigenvalue weighted by Crippen LogP contribution is -2.34. The van der Waals surface area contributed by atoms with E-state index in [4.69, 9.17) is 5.11 Å². The Balaban J connectivity index is 1.74. The number of amides is 1. The molecule has 1 aliphatic rings. The van der Waals surface area contributed by atoms with Gasteiger partial charge in [0.1, 0.15) is 0 Å². The first-order valence-corrected chi connectivity index (χ1v) is 8.71. The number of carbonyl (C=O) groups excluding carboxylic acids is 1. The predicted octanol–water partition coefficient (Wildman–Crippen LogP) is 3.11. The van der Waals surface area contributed by atoms with Crippen LogP contribution in [0.15, 0.2) is 5.38 Å². The van der Waals surface area contributed by atoms with Gasteiger partial charge in [0.25, 0.3) is 0 Å². The third-order valence-corrected chi connectivity index (χ3v) is 5.50. The molecule has 0 spiro atoms. The molecule has 1 aromatic heterocycles. The number of rotatable bonds is 6. The van der Waals surface area contributed by atoms with E-state index in [-0.39, 0.29) is 17.0 Å². The van der Waals surface area contributed by atoms with E-state index >= 15 is 0 Å². The van der Waals surface area contributed by atoms with Gasteiger partial charge in [0.2, 0.25) is 5.91 Å². The van der Waals surface area contributed by atoms with Crippen molar-refractivity contribution in [1.29, 1.82) is 0 Å². The molecule has 1 fully saturated rings. The molecule has 22 heavy (non-hydrogen) atoms. The lowest BCUT2D eigenvalue weighted by Gasteiger charge is -2.38. The SMILES string of the molecule is CC1(C)CCCCC1CC(=O)NCCc1nc(C(=O)O)cs1. The molecule has 1 unspecified atom stereocenters. The maximum absolute atomic E-state index is 12.1. The second-order valence-electron chi connectivity index (χ2n) is 6.67. The summed E-state index contributed by atoms with van der Waals surface area (Å²) in [6.45, 7) is 5.03. The Labute approximate surface area is 135 Å². The van der Waals surface area contributed by atoms with Gasteiger partial charge in [-0.15, -0.1) is 11.3 Å². The number of thiazole rings is 1. The van der Waals surface area contributed by atoms with Crippen LogP contribution in [0, 0.1) is 11.3 Å². The topological polar surface area (TPSA) is 79.3 Å². The first kappa shape index (κ1) is 16.9. The summed E-state index contributed by atoms with van der Waals surface area (Å²) in [5, 5.41) is 14.0. The summed E-state index contributed by atoms with van der Waals surface area (Å²) in [7, 11) is 0. The molecule has 1 aromatic rings.